The Bertz CT molecular complexity index is 474. The Morgan fingerprint density at radius 1 is 1.18 bits per heavy atom. The molecule has 0 radical (unpaired) electrons. The summed E-state index contributed by atoms with van der Waals surface area (Å²) in [6.07, 6.45) is 2.10. The summed E-state index contributed by atoms with van der Waals surface area (Å²) in [6.45, 7) is 4.37. The van der Waals surface area contributed by atoms with Crippen LogP contribution in [-0.2, 0) is 12.8 Å². The van der Waals surface area contributed by atoms with Gasteiger partial charge in [0, 0.05) is 4.88 Å². The quantitative estimate of drug-likeness (QED) is 0.868. The van der Waals surface area contributed by atoms with E-state index in [9.17, 15) is 0 Å². The fraction of sp³-hybridized carbons (Fsp3) is 0.333. The molecule has 1 aromatic carbocycles. The first kappa shape index (κ1) is 12.3. The highest BCUT2D eigenvalue weighted by molar-refractivity contribution is 7.10. The fourth-order valence-electron chi connectivity index (χ4n) is 2.10. The van der Waals surface area contributed by atoms with Crippen molar-refractivity contribution in [3.63, 3.8) is 0 Å². The molecule has 2 rings (SSSR count). The van der Waals surface area contributed by atoms with Gasteiger partial charge in [0.15, 0.2) is 0 Å². The van der Waals surface area contributed by atoms with Gasteiger partial charge in [0.25, 0.3) is 0 Å². The number of thiophene rings is 1. The second kappa shape index (κ2) is 5.48. The number of nitrogens with two attached hydrogens (primary N) is 1. The van der Waals surface area contributed by atoms with Crippen molar-refractivity contribution in [3.05, 3.63) is 57.3 Å². The fourth-order valence-corrected chi connectivity index (χ4v) is 2.84. The van der Waals surface area contributed by atoms with Gasteiger partial charge in [0.05, 0.1) is 6.04 Å². The van der Waals surface area contributed by atoms with E-state index in [1.165, 1.54) is 21.6 Å². The van der Waals surface area contributed by atoms with Gasteiger partial charge in [-0.3, -0.25) is 0 Å². The molecule has 2 N–H and O–H groups in total. The van der Waals surface area contributed by atoms with E-state index >= 15 is 0 Å². The summed E-state index contributed by atoms with van der Waals surface area (Å²) >= 11 is 1.73. The van der Waals surface area contributed by atoms with Crippen LogP contribution in [0.2, 0.25) is 0 Å². The Morgan fingerprint density at radius 2 is 2.00 bits per heavy atom. The molecule has 90 valence electrons. The maximum Gasteiger partial charge on any atom is 0.0648 e. The predicted molar refractivity (Wildman–Crippen MR) is 75.5 cm³/mol. The van der Waals surface area contributed by atoms with Crippen molar-refractivity contribution in [2.24, 2.45) is 5.73 Å². The first-order chi connectivity index (χ1) is 8.26. The number of benzene rings is 1. The van der Waals surface area contributed by atoms with Gasteiger partial charge >= 0.3 is 0 Å². The van der Waals surface area contributed by atoms with Gasteiger partial charge in [-0.15, -0.1) is 11.3 Å². The molecule has 2 heteroatoms. The first-order valence-electron chi connectivity index (χ1n) is 6.17. The van der Waals surface area contributed by atoms with Crippen LogP contribution in [0.15, 0.2) is 35.7 Å². The smallest absolute Gasteiger partial charge is 0.0648 e. The molecule has 1 heterocycles. The Labute approximate surface area is 107 Å². The molecule has 1 aromatic heterocycles. The molecule has 0 amide bonds. The topological polar surface area (TPSA) is 26.0 Å². The van der Waals surface area contributed by atoms with Crippen molar-refractivity contribution in [2.45, 2.75) is 32.7 Å². The Morgan fingerprint density at radius 3 is 2.59 bits per heavy atom. The van der Waals surface area contributed by atoms with Crippen molar-refractivity contribution in [1.29, 1.82) is 0 Å². The first-order valence-corrected chi connectivity index (χ1v) is 7.04. The van der Waals surface area contributed by atoms with E-state index in [-0.39, 0.29) is 6.04 Å². The van der Waals surface area contributed by atoms with E-state index in [1.807, 2.05) is 0 Å². The summed E-state index contributed by atoms with van der Waals surface area (Å²) in [4.78, 5) is 1.24. The predicted octanol–water partition coefficient (Wildman–Crippen LogP) is 3.92. The van der Waals surface area contributed by atoms with Crippen LogP contribution in [0.25, 0.3) is 0 Å². The zero-order valence-electron chi connectivity index (χ0n) is 10.4. The number of hydrogen-bond donors (Lipinski definition) is 1. The zero-order chi connectivity index (χ0) is 12.3. The minimum Gasteiger partial charge on any atom is -0.320 e. The second-order valence-corrected chi connectivity index (χ2v) is 5.21. The average Bonchev–Trinajstić information content (AvgIpc) is 2.91. The van der Waals surface area contributed by atoms with Crippen LogP contribution in [0.1, 0.15) is 41.5 Å². The molecular weight excluding hydrogens is 226 g/mol. The minimum atomic E-state index is 0.0245. The molecule has 0 saturated carbocycles. The Kier molecular flexibility index (Phi) is 3.97. The molecule has 0 spiro atoms. The highest BCUT2D eigenvalue weighted by Gasteiger charge is 2.13. The summed E-state index contributed by atoms with van der Waals surface area (Å²) in [5.41, 5.74) is 10.4. The number of rotatable bonds is 4. The lowest BCUT2D eigenvalue weighted by atomic mass is 9.95. The summed E-state index contributed by atoms with van der Waals surface area (Å²) in [7, 11) is 0. The number of aryl methyl sites for hydroxylation is 2. The SMILES string of the molecule is CCc1ccc(CC)c(C(N)c2cccs2)c1. The van der Waals surface area contributed by atoms with Crippen LogP contribution < -0.4 is 5.73 Å². The third kappa shape index (κ3) is 2.59. The summed E-state index contributed by atoms with van der Waals surface area (Å²) in [6, 6.07) is 10.9. The normalized spacial score (nSPS) is 12.6. The third-order valence-electron chi connectivity index (χ3n) is 3.18. The van der Waals surface area contributed by atoms with Crippen molar-refractivity contribution in [1.82, 2.24) is 0 Å². The van der Waals surface area contributed by atoms with Crippen LogP contribution in [-0.4, -0.2) is 0 Å². The number of hydrogen-bond acceptors (Lipinski definition) is 2. The lowest BCUT2D eigenvalue weighted by Crippen LogP contribution is -2.13. The molecule has 0 saturated heterocycles. The Balaban J connectivity index is 2.41. The molecule has 0 fully saturated rings. The lowest BCUT2D eigenvalue weighted by molar-refractivity contribution is 0.863. The molecule has 1 unspecified atom stereocenters. The van der Waals surface area contributed by atoms with Crippen LogP contribution in [0, 0.1) is 0 Å². The molecule has 0 bridgehead atoms. The maximum atomic E-state index is 6.37. The van der Waals surface area contributed by atoms with Gasteiger partial charge in [-0.2, -0.15) is 0 Å². The standard InChI is InChI=1S/C15H19NS/c1-3-11-7-8-12(4-2)13(10-11)15(16)14-6-5-9-17-14/h5-10,15H,3-4,16H2,1-2H3. The molecule has 0 aliphatic carbocycles. The van der Waals surface area contributed by atoms with Crippen molar-refractivity contribution in [2.75, 3.05) is 0 Å². The van der Waals surface area contributed by atoms with Crippen molar-refractivity contribution >= 4 is 11.3 Å². The molecule has 0 aliphatic heterocycles. The summed E-state index contributed by atoms with van der Waals surface area (Å²) in [5, 5.41) is 2.09. The largest absolute Gasteiger partial charge is 0.320 e. The van der Waals surface area contributed by atoms with Crippen LogP contribution >= 0.6 is 11.3 Å². The van der Waals surface area contributed by atoms with Gasteiger partial charge < -0.3 is 5.73 Å². The molecule has 0 aliphatic rings. The Hall–Kier alpha value is -1.12. The lowest BCUT2D eigenvalue weighted by Gasteiger charge is -2.16. The van der Waals surface area contributed by atoms with E-state index in [1.54, 1.807) is 11.3 Å². The van der Waals surface area contributed by atoms with E-state index in [0.29, 0.717) is 0 Å². The molecule has 2 aromatic rings. The van der Waals surface area contributed by atoms with E-state index < -0.39 is 0 Å². The van der Waals surface area contributed by atoms with E-state index in [0.717, 1.165) is 12.8 Å². The highest BCUT2D eigenvalue weighted by Crippen LogP contribution is 2.27. The minimum absolute atomic E-state index is 0.0245. The highest BCUT2D eigenvalue weighted by atomic mass is 32.1. The molecule has 1 nitrogen and oxygen atoms in total. The second-order valence-electron chi connectivity index (χ2n) is 4.23. The van der Waals surface area contributed by atoms with Crippen molar-refractivity contribution in [3.8, 4) is 0 Å². The van der Waals surface area contributed by atoms with Crippen molar-refractivity contribution < 1.29 is 0 Å². The van der Waals surface area contributed by atoms with Crippen LogP contribution in [0.3, 0.4) is 0 Å². The maximum absolute atomic E-state index is 6.37. The molecular formula is C15H19NS. The third-order valence-corrected chi connectivity index (χ3v) is 4.14. The van der Waals surface area contributed by atoms with Gasteiger partial charge in [-0.05, 0) is 41.0 Å². The van der Waals surface area contributed by atoms with E-state index in [4.69, 9.17) is 5.73 Å². The van der Waals surface area contributed by atoms with Gasteiger partial charge in [-0.1, -0.05) is 38.1 Å². The van der Waals surface area contributed by atoms with E-state index in [2.05, 4.69) is 49.6 Å². The van der Waals surface area contributed by atoms with Crippen LogP contribution in [0.5, 0.6) is 0 Å². The van der Waals surface area contributed by atoms with Crippen LogP contribution in [0.4, 0.5) is 0 Å². The zero-order valence-corrected chi connectivity index (χ0v) is 11.3. The summed E-state index contributed by atoms with van der Waals surface area (Å²) < 4.78 is 0. The molecule has 17 heavy (non-hydrogen) atoms. The van der Waals surface area contributed by atoms with Gasteiger partial charge in [0.1, 0.15) is 0 Å². The monoisotopic (exact) mass is 245 g/mol. The molecule has 1 atom stereocenters. The summed E-state index contributed by atoms with van der Waals surface area (Å²) in [5.74, 6) is 0. The van der Waals surface area contributed by atoms with Gasteiger partial charge in [-0.25, -0.2) is 0 Å². The average molecular weight is 245 g/mol. The van der Waals surface area contributed by atoms with Gasteiger partial charge in [0.2, 0.25) is 0 Å².